The number of carboxylic acid groups (broad SMARTS) is 1. The van der Waals surface area contributed by atoms with Gasteiger partial charge in [0.25, 0.3) is 15.9 Å². The molecular formula is C21H20N2O6S3. The Bertz CT molecular complexity index is 1190. The Morgan fingerprint density at radius 1 is 1.28 bits per heavy atom. The van der Waals surface area contributed by atoms with Crippen molar-refractivity contribution >= 4 is 56.3 Å². The first-order valence-corrected chi connectivity index (χ1v) is 12.2. The van der Waals surface area contributed by atoms with Gasteiger partial charge < -0.3 is 9.84 Å². The number of hydrogen-bond donors (Lipinski definition) is 2. The molecule has 1 fully saturated rings. The minimum Gasteiger partial charge on any atom is -0.479 e. The third-order valence-corrected chi connectivity index (χ3v) is 7.03. The third-order valence-electron chi connectivity index (χ3n) is 4.42. The minimum absolute atomic E-state index is 0.00916. The van der Waals surface area contributed by atoms with Crippen molar-refractivity contribution < 1.29 is 27.9 Å². The Balaban J connectivity index is 1.79. The fraction of sp³-hybridized carbons (Fsp3) is 0.190. The van der Waals surface area contributed by atoms with Crippen LogP contribution in [0, 0.1) is 6.92 Å². The van der Waals surface area contributed by atoms with Crippen LogP contribution in [0.5, 0.6) is 5.75 Å². The van der Waals surface area contributed by atoms with Crippen LogP contribution in [0.4, 0.5) is 0 Å². The number of carbonyl (C=O) groups is 2. The summed E-state index contributed by atoms with van der Waals surface area (Å²) in [7, 11) is -4.00. The molecule has 11 heteroatoms. The normalized spacial score (nSPS) is 16.4. The molecule has 8 nitrogen and oxygen atoms in total. The molecule has 1 atom stereocenters. The van der Waals surface area contributed by atoms with Crippen molar-refractivity contribution in [3.05, 3.63) is 64.6 Å². The number of nitrogens with zero attached hydrogens (tertiary/aromatic N) is 1. The monoisotopic (exact) mass is 492 g/mol. The van der Waals surface area contributed by atoms with Gasteiger partial charge in [-0.1, -0.05) is 60.7 Å². The lowest BCUT2D eigenvalue weighted by molar-refractivity contribution is -0.145. The molecule has 0 spiro atoms. The van der Waals surface area contributed by atoms with Crippen LogP contribution in [-0.4, -0.2) is 40.8 Å². The van der Waals surface area contributed by atoms with Gasteiger partial charge in [0.05, 0.1) is 9.80 Å². The third kappa shape index (κ3) is 5.54. The van der Waals surface area contributed by atoms with Gasteiger partial charge in [0.1, 0.15) is 5.75 Å². The summed E-state index contributed by atoms with van der Waals surface area (Å²) in [6, 6.07) is 12.8. The fourth-order valence-corrected chi connectivity index (χ4v) is 5.05. The van der Waals surface area contributed by atoms with E-state index < -0.39 is 28.0 Å². The highest BCUT2D eigenvalue weighted by Crippen LogP contribution is 2.32. The summed E-state index contributed by atoms with van der Waals surface area (Å²) in [6.07, 6.45) is 0.840. The standard InChI is InChI=1S/C21H20N2O6S3/c1-3-17(20(25)26)29-15-6-4-5-14(11-15)12-18-19(24)23(21(30)31-18)22-32(27,28)16-9-7-13(2)8-10-16/h4-12,17,22H,3H2,1-2H3,(H,25,26)/b18-12+. The van der Waals surface area contributed by atoms with Gasteiger partial charge in [0.2, 0.25) is 0 Å². The number of nitrogens with one attached hydrogen (secondary N) is 1. The molecule has 2 aromatic rings. The van der Waals surface area contributed by atoms with E-state index in [2.05, 4.69) is 4.83 Å². The summed E-state index contributed by atoms with van der Waals surface area (Å²) >= 11 is 6.14. The highest BCUT2D eigenvalue weighted by molar-refractivity contribution is 8.26. The van der Waals surface area contributed by atoms with Crippen LogP contribution in [0.2, 0.25) is 0 Å². The van der Waals surface area contributed by atoms with Crippen LogP contribution in [-0.2, 0) is 19.6 Å². The average molecular weight is 493 g/mol. The van der Waals surface area contributed by atoms with E-state index in [-0.39, 0.29) is 14.1 Å². The van der Waals surface area contributed by atoms with Gasteiger partial charge in [-0.05, 0) is 49.2 Å². The maximum absolute atomic E-state index is 12.8. The van der Waals surface area contributed by atoms with Crippen LogP contribution in [0.3, 0.4) is 0 Å². The lowest BCUT2D eigenvalue weighted by Crippen LogP contribution is -2.44. The number of ether oxygens (including phenoxy) is 1. The second-order valence-electron chi connectivity index (χ2n) is 6.85. The van der Waals surface area contributed by atoms with E-state index in [1.54, 1.807) is 43.3 Å². The SMILES string of the molecule is CCC(Oc1cccc(/C=C2/SC(=S)N(NS(=O)(=O)c3ccc(C)cc3)C2=O)c1)C(=O)O. The number of hydrogen-bond acceptors (Lipinski definition) is 7. The van der Waals surface area contributed by atoms with Gasteiger partial charge in [-0.2, -0.15) is 0 Å². The van der Waals surface area contributed by atoms with Gasteiger partial charge in [-0.25, -0.2) is 18.2 Å². The minimum atomic E-state index is -4.00. The van der Waals surface area contributed by atoms with E-state index in [9.17, 15) is 18.0 Å². The zero-order valence-electron chi connectivity index (χ0n) is 17.1. The maximum atomic E-state index is 12.8. The number of aryl methyl sites for hydroxylation is 1. The Kier molecular flexibility index (Phi) is 7.34. The lowest BCUT2D eigenvalue weighted by atomic mass is 10.2. The van der Waals surface area contributed by atoms with Gasteiger partial charge in [0.15, 0.2) is 10.4 Å². The van der Waals surface area contributed by atoms with Crippen LogP contribution in [0.15, 0.2) is 58.3 Å². The molecule has 3 rings (SSSR count). The highest BCUT2D eigenvalue weighted by Gasteiger charge is 2.35. The van der Waals surface area contributed by atoms with Crippen LogP contribution in [0.1, 0.15) is 24.5 Å². The summed E-state index contributed by atoms with van der Waals surface area (Å²) in [6.45, 7) is 3.53. The van der Waals surface area contributed by atoms with E-state index in [0.717, 1.165) is 22.3 Å². The molecule has 1 aliphatic rings. The van der Waals surface area contributed by atoms with Crippen molar-refractivity contribution in [3.63, 3.8) is 0 Å². The number of aliphatic carboxylic acids is 1. The van der Waals surface area contributed by atoms with Gasteiger partial charge >= 0.3 is 5.97 Å². The molecule has 1 heterocycles. The smallest absolute Gasteiger partial charge is 0.344 e. The molecule has 1 saturated heterocycles. The predicted molar refractivity (Wildman–Crippen MR) is 125 cm³/mol. The molecule has 2 N–H and O–H groups in total. The summed E-state index contributed by atoms with van der Waals surface area (Å²) in [5.74, 6) is -1.35. The summed E-state index contributed by atoms with van der Waals surface area (Å²) < 4.78 is 30.8. The van der Waals surface area contributed by atoms with E-state index in [1.165, 1.54) is 18.2 Å². The molecular weight excluding hydrogens is 472 g/mol. The maximum Gasteiger partial charge on any atom is 0.344 e. The molecule has 1 unspecified atom stereocenters. The molecule has 0 radical (unpaired) electrons. The fourth-order valence-electron chi connectivity index (χ4n) is 2.74. The molecule has 1 aliphatic heterocycles. The molecule has 2 aromatic carbocycles. The number of rotatable bonds is 8. The quantitative estimate of drug-likeness (QED) is 0.426. The molecule has 0 aliphatic carbocycles. The Morgan fingerprint density at radius 3 is 2.59 bits per heavy atom. The molecule has 0 saturated carbocycles. The summed E-state index contributed by atoms with van der Waals surface area (Å²) in [5.41, 5.74) is 1.47. The first-order chi connectivity index (χ1) is 15.1. The van der Waals surface area contributed by atoms with Gasteiger partial charge in [0, 0.05) is 0 Å². The number of carboxylic acids is 1. The Labute approximate surface area is 195 Å². The largest absolute Gasteiger partial charge is 0.479 e. The number of thioether (sulfide) groups is 1. The van der Waals surface area contributed by atoms with Crippen molar-refractivity contribution in [2.45, 2.75) is 31.3 Å². The van der Waals surface area contributed by atoms with Crippen LogP contribution < -0.4 is 9.57 Å². The van der Waals surface area contributed by atoms with Crippen molar-refractivity contribution in [1.29, 1.82) is 0 Å². The second-order valence-corrected chi connectivity index (χ2v) is 10.2. The lowest BCUT2D eigenvalue weighted by Gasteiger charge is -2.16. The number of sulfonamides is 1. The molecule has 168 valence electrons. The van der Waals surface area contributed by atoms with E-state index in [0.29, 0.717) is 17.7 Å². The summed E-state index contributed by atoms with van der Waals surface area (Å²) in [5, 5.41) is 9.97. The number of amides is 1. The predicted octanol–water partition coefficient (Wildman–Crippen LogP) is 3.33. The highest BCUT2D eigenvalue weighted by atomic mass is 32.2. The average Bonchev–Trinajstić information content (AvgIpc) is 2.99. The van der Waals surface area contributed by atoms with Crippen LogP contribution in [0.25, 0.3) is 6.08 Å². The first-order valence-electron chi connectivity index (χ1n) is 9.47. The van der Waals surface area contributed by atoms with Gasteiger partial charge in [-0.15, -0.1) is 4.83 Å². The van der Waals surface area contributed by atoms with E-state index in [1.807, 2.05) is 6.92 Å². The number of benzene rings is 2. The van der Waals surface area contributed by atoms with Crippen molar-refractivity contribution in [2.75, 3.05) is 0 Å². The second kappa shape index (κ2) is 9.82. The topological polar surface area (TPSA) is 113 Å². The van der Waals surface area contributed by atoms with Crippen molar-refractivity contribution in [3.8, 4) is 5.75 Å². The van der Waals surface area contributed by atoms with Crippen molar-refractivity contribution in [2.24, 2.45) is 0 Å². The number of thiocarbonyl (C=S) groups is 1. The zero-order chi connectivity index (χ0) is 23.5. The first kappa shape index (κ1) is 23.9. The van der Waals surface area contributed by atoms with Crippen molar-refractivity contribution in [1.82, 2.24) is 9.84 Å². The Morgan fingerprint density at radius 2 is 1.97 bits per heavy atom. The number of hydrazine groups is 1. The van der Waals surface area contributed by atoms with Crippen LogP contribution >= 0.6 is 24.0 Å². The molecule has 0 aromatic heterocycles. The number of carbonyl (C=O) groups excluding carboxylic acids is 1. The van der Waals surface area contributed by atoms with E-state index >= 15 is 0 Å². The van der Waals surface area contributed by atoms with E-state index in [4.69, 9.17) is 22.1 Å². The summed E-state index contributed by atoms with van der Waals surface area (Å²) in [4.78, 5) is 26.4. The Hall–Kier alpha value is -2.73. The molecule has 0 bridgehead atoms. The molecule has 1 amide bonds. The zero-order valence-corrected chi connectivity index (χ0v) is 19.6. The molecule has 32 heavy (non-hydrogen) atoms. The van der Waals surface area contributed by atoms with Gasteiger partial charge in [-0.3, -0.25) is 4.79 Å².